The first kappa shape index (κ1) is 20.5. The minimum absolute atomic E-state index is 0.144. The van der Waals surface area contributed by atoms with Crippen LogP contribution >= 0.6 is 0 Å². The summed E-state index contributed by atoms with van der Waals surface area (Å²) in [4.78, 5) is 30.5. The van der Waals surface area contributed by atoms with E-state index in [1.165, 1.54) is 12.5 Å². The van der Waals surface area contributed by atoms with Crippen LogP contribution in [0.15, 0.2) is 18.2 Å². The van der Waals surface area contributed by atoms with Gasteiger partial charge in [-0.1, -0.05) is 0 Å². The average molecular weight is 395 g/mol. The van der Waals surface area contributed by atoms with Gasteiger partial charge in [0.25, 0.3) is 5.91 Å². The van der Waals surface area contributed by atoms with Gasteiger partial charge < -0.3 is 14.5 Å². The van der Waals surface area contributed by atoms with Crippen molar-refractivity contribution in [2.24, 2.45) is 0 Å². The van der Waals surface area contributed by atoms with E-state index in [1.54, 1.807) is 4.90 Å². The Bertz CT molecular complexity index is 708. The number of hydrogen-bond acceptors (Lipinski definition) is 4. The van der Waals surface area contributed by atoms with Crippen molar-refractivity contribution in [3.05, 3.63) is 29.8 Å². The molecule has 2 amide bonds. The molecule has 0 radical (unpaired) electrons. The Morgan fingerprint density at radius 3 is 2.50 bits per heavy atom. The molecule has 2 fully saturated rings. The highest BCUT2D eigenvalue weighted by molar-refractivity contribution is 5.79. The summed E-state index contributed by atoms with van der Waals surface area (Å²) in [7, 11) is 0. The maximum atomic E-state index is 13.6. The summed E-state index contributed by atoms with van der Waals surface area (Å²) in [6.07, 6.45) is 3.30. The Labute approximate surface area is 164 Å². The van der Waals surface area contributed by atoms with Gasteiger partial charge in [-0.15, -0.1) is 0 Å². The van der Waals surface area contributed by atoms with Crippen molar-refractivity contribution in [3.8, 4) is 5.75 Å². The van der Waals surface area contributed by atoms with Gasteiger partial charge in [0, 0.05) is 44.8 Å². The molecule has 3 rings (SSSR count). The van der Waals surface area contributed by atoms with Crippen molar-refractivity contribution < 1.29 is 23.1 Å². The number of halogens is 2. The van der Waals surface area contributed by atoms with Crippen molar-refractivity contribution in [2.75, 3.05) is 45.9 Å². The zero-order chi connectivity index (χ0) is 20.1. The summed E-state index contributed by atoms with van der Waals surface area (Å²) in [5.41, 5.74) is 0. The van der Waals surface area contributed by atoms with Crippen LogP contribution in [0.1, 0.15) is 26.2 Å². The monoisotopic (exact) mass is 395 g/mol. The summed E-state index contributed by atoms with van der Waals surface area (Å²) in [5.74, 6) is -1.76. The minimum atomic E-state index is -0.830. The number of hydrogen-bond donors (Lipinski definition) is 0. The summed E-state index contributed by atoms with van der Waals surface area (Å²) >= 11 is 0. The molecule has 1 aromatic rings. The molecule has 154 valence electrons. The third kappa shape index (κ3) is 5.19. The fourth-order valence-corrected chi connectivity index (χ4v) is 3.73. The maximum absolute atomic E-state index is 13.6. The molecule has 0 aromatic heterocycles. The van der Waals surface area contributed by atoms with Crippen LogP contribution in [0.2, 0.25) is 0 Å². The topological polar surface area (TPSA) is 53.1 Å². The Morgan fingerprint density at radius 2 is 1.82 bits per heavy atom. The van der Waals surface area contributed by atoms with Gasteiger partial charge in [0.05, 0.1) is 6.54 Å². The lowest BCUT2D eigenvalue weighted by molar-refractivity contribution is -0.138. The molecule has 0 spiro atoms. The smallest absolute Gasteiger partial charge is 0.260 e. The van der Waals surface area contributed by atoms with Crippen LogP contribution in [0.5, 0.6) is 5.75 Å². The zero-order valence-corrected chi connectivity index (χ0v) is 16.2. The Morgan fingerprint density at radius 1 is 1.07 bits per heavy atom. The van der Waals surface area contributed by atoms with Gasteiger partial charge in [0.15, 0.2) is 18.2 Å². The predicted molar refractivity (Wildman–Crippen MR) is 99.9 cm³/mol. The third-order valence-corrected chi connectivity index (χ3v) is 5.45. The van der Waals surface area contributed by atoms with Crippen molar-refractivity contribution in [1.29, 1.82) is 0 Å². The minimum Gasteiger partial charge on any atom is -0.481 e. The van der Waals surface area contributed by atoms with Gasteiger partial charge in [0.2, 0.25) is 5.91 Å². The van der Waals surface area contributed by atoms with Gasteiger partial charge in [-0.2, -0.15) is 0 Å². The fourth-order valence-electron chi connectivity index (χ4n) is 3.73. The third-order valence-electron chi connectivity index (χ3n) is 5.45. The van der Waals surface area contributed by atoms with Crippen molar-refractivity contribution in [3.63, 3.8) is 0 Å². The fraction of sp³-hybridized carbons (Fsp3) is 0.600. The second-order valence-corrected chi connectivity index (χ2v) is 7.45. The molecule has 8 heteroatoms. The first-order valence-corrected chi connectivity index (χ1v) is 9.81. The molecule has 28 heavy (non-hydrogen) atoms. The zero-order valence-electron chi connectivity index (χ0n) is 16.2. The van der Waals surface area contributed by atoms with E-state index in [0.717, 1.165) is 31.5 Å². The lowest BCUT2D eigenvalue weighted by atomic mass is 10.0. The lowest BCUT2D eigenvalue weighted by Gasteiger charge is -2.38. The van der Waals surface area contributed by atoms with Gasteiger partial charge in [0.1, 0.15) is 5.82 Å². The number of piperazine rings is 1. The van der Waals surface area contributed by atoms with E-state index in [1.807, 2.05) is 4.90 Å². The van der Waals surface area contributed by atoms with Gasteiger partial charge in [-0.25, -0.2) is 8.78 Å². The van der Waals surface area contributed by atoms with Crippen LogP contribution in [0.4, 0.5) is 8.78 Å². The highest BCUT2D eigenvalue weighted by Crippen LogP contribution is 2.18. The van der Waals surface area contributed by atoms with Crippen molar-refractivity contribution in [1.82, 2.24) is 14.7 Å². The molecule has 1 unspecified atom stereocenters. The molecular formula is C20H27F2N3O3. The molecular weight excluding hydrogens is 368 g/mol. The molecule has 2 saturated heterocycles. The first-order chi connectivity index (χ1) is 13.4. The second kappa shape index (κ2) is 9.32. The lowest BCUT2D eigenvalue weighted by Crippen LogP contribution is -2.53. The number of nitrogens with zero attached hydrogens (tertiary/aromatic N) is 3. The highest BCUT2D eigenvalue weighted by Gasteiger charge is 2.27. The number of likely N-dealkylation sites (tertiary alicyclic amines) is 1. The van der Waals surface area contributed by atoms with E-state index in [2.05, 4.69) is 11.8 Å². The Balaban J connectivity index is 1.41. The summed E-state index contributed by atoms with van der Waals surface area (Å²) in [5, 5.41) is 0. The standard InChI is InChI=1S/C20H27F2N3O3/c1-15-4-2-3-7-25(15)19(26)13-23-8-10-24(11-9-23)20(27)14-28-18-6-5-16(21)12-17(18)22/h5-6,12,15H,2-4,7-11,13-14H2,1H3. The second-order valence-electron chi connectivity index (χ2n) is 7.45. The average Bonchev–Trinajstić information content (AvgIpc) is 2.68. The summed E-state index contributed by atoms with van der Waals surface area (Å²) in [6.45, 7) is 5.23. The number of piperidine rings is 1. The van der Waals surface area contributed by atoms with Gasteiger partial charge in [-0.05, 0) is 38.3 Å². The number of amides is 2. The Kier molecular flexibility index (Phi) is 6.83. The normalized spacial score (nSPS) is 20.9. The van der Waals surface area contributed by atoms with E-state index in [9.17, 15) is 18.4 Å². The van der Waals surface area contributed by atoms with Crippen LogP contribution in [-0.4, -0.2) is 78.4 Å². The van der Waals surface area contributed by atoms with E-state index in [0.29, 0.717) is 38.8 Å². The van der Waals surface area contributed by atoms with E-state index < -0.39 is 11.6 Å². The van der Waals surface area contributed by atoms with E-state index in [4.69, 9.17) is 4.74 Å². The summed E-state index contributed by atoms with van der Waals surface area (Å²) in [6, 6.07) is 3.28. The molecule has 0 N–H and O–H groups in total. The molecule has 2 aliphatic heterocycles. The molecule has 0 bridgehead atoms. The Hall–Kier alpha value is -2.22. The number of benzene rings is 1. The number of ether oxygens (including phenoxy) is 1. The van der Waals surface area contributed by atoms with Crippen LogP contribution in [-0.2, 0) is 9.59 Å². The van der Waals surface area contributed by atoms with Crippen LogP contribution in [0.25, 0.3) is 0 Å². The maximum Gasteiger partial charge on any atom is 0.260 e. The van der Waals surface area contributed by atoms with Crippen molar-refractivity contribution >= 4 is 11.8 Å². The first-order valence-electron chi connectivity index (χ1n) is 9.81. The molecule has 1 atom stereocenters. The molecule has 2 heterocycles. The molecule has 1 aromatic carbocycles. The molecule has 0 saturated carbocycles. The number of carbonyl (C=O) groups is 2. The SMILES string of the molecule is CC1CCCCN1C(=O)CN1CCN(C(=O)COc2ccc(F)cc2F)CC1. The molecule has 2 aliphatic rings. The quantitative estimate of drug-likeness (QED) is 0.764. The largest absolute Gasteiger partial charge is 0.481 e. The molecule has 6 nitrogen and oxygen atoms in total. The number of rotatable bonds is 5. The van der Waals surface area contributed by atoms with Crippen LogP contribution in [0, 0.1) is 11.6 Å². The van der Waals surface area contributed by atoms with Crippen LogP contribution < -0.4 is 4.74 Å². The van der Waals surface area contributed by atoms with Gasteiger partial charge in [-0.3, -0.25) is 14.5 Å². The van der Waals surface area contributed by atoms with E-state index >= 15 is 0 Å². The molecule has 0 aliphatic carbocycles. The highest BCUT2D eigenvalue weighted by atomic mass is 19.1. The van der Waals surface area contributed by atoms with Crippen LogP contribution in [0.3, 0.4) is 0 Å². The summed E-state index contributed by atoms with van der Waals surface area (Å²) < 4.78 is 31.6. The predicted octanol–water partition coefficient (Wildman–Crippen LogP) is 1.89. The van der Waals surface area contributed by atoms with Crippen molar-refractivity contribution in [2.45, 2.75) is 32.2 Å². The number of carbonyl (C=O) groups excluding carboxylic acids is 2. The van der Waals surface area contributed by atoms with Gasteiger partial charge >= 0.3 is 0 Å². The van der Waals surface area contributed by atoms with E-state index in [-0.39, 0.29) is 24.2 Å².